The monoisotopic (exact) mass is 145 g/mol. The fourth-order valence-electron chi connectivity index (χ4n) is 0.560. The van der Waals surface area contributed by atoms with E-state index in [1.807, 2.05) is 13.8 Å². The molecule has 0 fully saturated rings. The first-order valence-corrected chi connectivity index (χ1v) is 3.02. The summed E-state index contributed by atoms with van der Waals surface area (Å²) in [7, 11) is 0. The lowest BCUT2D eigenvalue weighted by atomic mass is 10.2. The standard InChI is InChI=1S/C6H11NO3/c1-5(2)3-7(4-8)6(9)10/h4-5H,3H2,1-2H3,(H,9,10). The van der Waals surface area contributed by atoms with Crippen LogP contribution in [-0.4, -0.2) is 29.1 Å². The Kier molecular flexibility index (Phi) is 3.46. The van der Waals surface area contributed by atoms with Gasteiger partial charge in [0.05, 0.1) is 0 Å². The fourth-order valence-corrected chi connectivity index (χ4v) is 0.560. The zero-order valence-corrected chi connectivity index (χ0v) is 6.07. The molecule has 0 aliphatic heterocycles. The van der Waals surface area contributed by atoms with Gasteiger partial charge < -0.3 is 5.11 Å². The lowest BCUT2D eigenvalue weighted by molar-refractivity contribution is -0.116. The molecule has 0 aromatic heterocycles. The van der Waals surface area contributed by atoms with E-state index >= 15 is 0 Å². The van der Waals surface area contributed by atoms with Crippen LogP contribution in [-0.2, 0) is 4.79 Å². The van der Waals surface area contributed by atoms with E-state index in [-0.39, 0.29) is 12.5 Å². The van der Waals surface area contributed by atoms with E-state index in [1.54, 1.807) is 0 Å². The number of amides is 2. The second-order valence-electron chi connectivity index (χ2n) is 2.43. The maximum atomic E-state index is 10.2. The lowest BCUT2D eigenvalue weighted by Crippen LogP contribution is -2.31. The molecule has 0 radical (unpaired) electrons. The van der Waals surface area contributed by atoms with Gasteiger partial charge in [-0.2, -0.15) is 0 Å². The van der Waals surface area contributed by atoms with Crippen LogP contribution < -0.4 is 0 Å². The number of nitrogens with zero attached hydrogens (tertiary/aromatic N) is 1. The fraction of sp³-hybridized carbons (Fsp3) is 0.667. The van der Waals surface area contributed by atoms with Gasteiger partial charge in [-0.3, -0.25) is 4.79 Å². The van der Waals surface area contributed by atoms with Gasteiger partial charge in [0.2, 0.25) is 6.41 Å². The van der Waals surface area contributed by atoms with Crippen molar-refractivity contribution in [3.63, 3.8) is 0 Å². The Bertz CT molecular complexity index is 133. The molecular weight excluding hydrogens is 134 g/mol. The molecule has 58 valence electrons. The summed E-state index contributed by atoms with van der Waals surface area (Å²) in [4.78, 5) is 20.9. The van der Waals surface area contributed by atoms with Crippen LogP contribution in [0.1, 0.15) is 13.8 Å². The molecule has 0 aromatic carbocycles. The van der Waals surface area contributed by atoms with E-state index in [2.05, 4.69) is 0 Å². The molecule has 0 saturated carbocycles. The average molecular weight is 145 g/mol. The van der Waals surface area contributed by atoms with Gasteiger partial charge in [-0.1, -0.05) is 13.8 Å². The quantitative estimate of drug-likeness (QED) is 0.597. The second kappa shape index (κ2) is 3.87. The Morgan fingerprint density at radius 2 is 2.20 bits per heavy atom. The Morgan fingerprint density at radius 1 is 1.70 bits per heavy atom. The molecule has 4 heteroatoms. The minimum absolute atomic E-state index is 0.182. The van der Waals surface area contributed by atoms with E-state index in [9.17, 15) is 9.59 Å². The van der Waals surface area contributed by atoms with Gasteiger partial charge in [0.15, 0.2) is 0 Å². The Morgan fingerprint density at radius 3 is 2.30 bits per heavy atom. The van der Waals surface area contributed by atoms with Crippen molar-refractivity contribution in [2.75, 3.05) is 6.54 Å². The third kappa shape index (κ3) is 3.06. The Labute approximate surface area is 59.4 Å². The average Bonchev–Trinajstić information content (AvgIpc) is 1.81. The van der Waals surface area contributed by atoms with Crippen molar-refractivity contribution in [2.24, 2.45) is 5.92 Å². The van der Waals surface area contributed by atoms with Crippen LogP contribution in [0.2, 0.25) is 0 Å². The number of hydrogen-bond donors (Lipinski definition) is 1. The maximum Gasteiger partial charge on any atom is 0.413 e. The molecular formula is C6H11NO3. The van der Waals surface area contributed by atoms with Crippen molar-refractivity contribution in [3.05, 3.63) is 0 Å². The number of carbonyl (C=O) groups excluding carboxylic acids is 1. The summed E-state index contributed by atoms with van der Waals surface area (Å²) in [6, 6.07) is 0. The molecule has 4 nitrogen and oxygen atoms in total. The zero-order chi connectivity index (χ0) is 8.15. The molecule has 0 unspecified atom stereocenters. The first-order chi connectivity index (χ1) is 4.57. The van der Waals surface area contributed by atoms with Crippen LogP contribution in [0.25, 0.3) is 0 Å². The maximum absolute atomic E-state index is 10.2. The molecule has 0 atom stereocenters. The van der Waals surface area contributed by atoms with Gasteiger partial charge in [-0.05, 0) is 5.92 Å². The number of carbonyl (C=O) groups is 2. The molecule has 0 aliphatic carbocycles. The van der Waals surface area contributed by atoms with Gasteiger partial charge >= 0.3 is 6.09 Å². The smallest absolute Gasteiger partial charge is 0.413 e. The summed E-state index contributed by atoms with van der Waals surface area (Å²) < 4.78 is 0. The van der Waals surface area contributed by atoms with Crippen LogP contribution in [0.3, 0.4) is 0 Å². The summed E-state index contributed by atoms with van der Waals surface area (Å²) in [5.74, 6) is 0.182. The van der Waals surface area contributed by atoms with E-state index in [0.717, 1.165) is 4.90 Å². The number of rotatable bonds is 3. The molecule has 0 heterocycles. The summed E-state index contributed by atoms with van der Waals surface area (Å²) in [6.45, 7) is 3.96. The minimum Gasteiger partial charge on any atom is -0.465 e. The summed E-state index contributed by atoms with van der Waals surface area (Å²) >= 11 is 0. The number of carboxylic acid groups (broad SMARTS) is 1. The predicted octanol–water partition coefficient (Wildman–Crippen LogP) is 0.779. The molecule has 0 bridgehead atoms. The molecule has 1 N–H and O–H groups in total. The Hall–Kier alpha value is -1.06. The molecule has 2 amide bonds. The van der Waals surface area contributed by atoms with Crippen LogP contribution in [0.4, 0.5) is 4.79 Å². The topological polar surface area (TPSA) is 57.6 Å². The first-order valence-electron chi connectivity index (χ1n) is 3.02. The number of hydrogen-bond acceptors (Lipinski definition) is 2. The van der Waals surface area contributed by atoms with Crippen molar-refractivity contribution >= 4 is 12.5 Å². The highest BCUT2D eigenvalue weighted by atomic mass is 16.4. The molecule has 0 aromatic rings. The SMILES string of the molecule is CC(C)CN(C=O)C(=O)O. The Balaban J connectivity index is 3.83. The van der Waals surface area contributed by atoms with E-state index in [1.165, 1.54) is 0 Å². The predicted molar refractivity (Wildman–Crippen MR) is 35.6 cm³/mol. The van der Waals surface area contributed by atoms with Crippen LogP contribution in [0, 0.1) is 5.92 Å². The van der Waals surface area contributed by atoms with Crippen LogP contribution in [0.5, 0.6) is 0 Å². The van der Waals surface area contributed by atoms with E-state index in [4.69, 9.17) is 5.11 Å². The second-order valence-corrected chi connectivity index (χ2v) is 2.43. The van der Waals surface area contributed by atoms with Crippen molar-refractivity contribution in [1.29, 1.82) is 0 Å². The molecule has 0 aliphatic rings. The molecule has 0 spiro atoms. The van der Waals surface area contributed by atoms with Gasteiger partial charge in [0.1, 0.15) is 0 Å². The van der Waals surface area contributed by atoms with Crippen LogP contribution in [0.15, 0.2) is 0 Å². The van der Waals surface area contributed by atoms with Crippen molar-refractivity contribution in [1.82, 2.24) is 4.90 Å². The van der Waals surface area contributed by atoms with Crippen molar-refractivity contribution < 1.29 is 14.7 Å². The van der Waals surface area contributed by atoms with E-state index in [0.29, 0.717) is 6.41 Å². The third-order valence-corrected chi connectivity index (χ3v) is 0.935. The van der Waals surface area contributed by atoms with Gasteiger partial charge in [-0.25, -0.2) is 9.69 Å². The highest BCUT2D eigenvalue weighted by Crippen LogP contribution is 1.95. The number of imide groups is 1. The molecule has 0 saturated heterocycles. The zero-order valence-electron chi connectivity index (χ0n) is 6.07. The highest BCUT2D eigenvalue weighted by Gasteiger charge is 2.10. The van der Waals surface area contributed by atoms with Crippen LogP contribution >= 0.6 is 0 Å². The first kappa shape index (κ1) is 8.94. The summed E-state index contributed by atoms with van der Waals surface area (Å²) in [5, 5.41) is 8.32. The lowest BCUT2D eigenvalue weighted by Gasteiger charge is -2.12. The van der Waals surface area contributed by atoms with Crippen molar-refractivity contribution in [3.8, 4) is 0 Å². The summed E-state index contributed by atoms with van der Waals surface area (Å²) in [6.07, 6.45) is -0.869. The van der Waals surface area contributed by atoms with Gasteiger partial charge in [-0.15, -0.1) is 0 Å². The van der Waals surface area contributed by atoms with E-state index < -0.39 is 6.09 Å². The normalized spacial score (nSPS) is 9.50. The summed E-state index contributed by atoms with van der Waals surface area (Å²) in [5.41, 5.74) is 0. The highest BCUT2D eigenvalue weighted by molar-refractivity contribution is 5.78. The third-order valence-electron chi connectivity index (χ3n) is 0.935. The van der Waals surface area contributed by atoms with Gasteiger partial charge in [0, 0.05) is 6.54 Å². The minimum atomic E-state index is -1.19. The van der Waals surface area contributed by atoms with Crippen molar-refractivity contribution in [2.45, 2.75) is 13.8 Å². The largest absolute Gasteiger partial charge is 0.465 e. The molecule has 0 rings (SSSR count). The molecule has 10 heavy (non-hydrogen) atoms. The van der Waals surface area contributed by atoms with Gasteiger partial charge in [0.25, 0.3) is 0 Å².